The van der Waals surface area contributed by atoms with Crippen LogP contribution in [0.3, 0.4) is 0 Å². The molecule has 1 rings (SSSR count). The smallest absolute Gasteiger partial charge is 0.191 e. The molecule has 0 spiro atoms. The maximum atomic E-state index is 11.4. The molecular weight excluding hydrogens is 306 g/mol. The number of hydrogen-bond acceptors (Lipinski definition) is 5. The van der Waals surface area contributed by atoms with Crippen LogP contribution in [0.2, 0.25) is 0 Å². The van der Waals surface area contributed by atoms with E-state index in [0.29, 0.717) is 25.7 Å². The fraction of sp³-hybridized carbons (Fsp3) is 0.929. The topological polar surface area (TPSA) is 89.0 Å². The van der Waals surface area contributed by atoms with Crippen molar-refractivity contribution >= 4 is 15.8 Å². The summed E-state index contributed by atoms with van der Waals surface area (Å²) in [6.45, 7) is 4.94. The summed E-state index contributed by atoms with van der Waals surface area (Å²) < 4.78 is 33.8. The summed E-state index contributed by atoms with van der Waals surface area (Å²) in [5.41, 5.74) is 0. The predicted octanol–water partition coefficient (Wildman–Crippen LogP) is 0.172. The van der Waals surface area contributed by atoms with Gasteiger partial charge in [0.05, 0.1) is 18.5 Å². The van der Waals surface area contributed by atoms with Crippen molar-refractivity contribution in [2.24, 2.45) is 4.99 Å². The largest absolute Gasteiger partial charge is 0.379 e. The first-order valence-corrected chi connectivity index (χ1v) is 9.74. The van der Waals surface area contributed by atoms with Gasteiger partial charge in [0, 0.05) is 39.1 Å². The van der Waals surface area contributed by atoms with Crippen LogP contribution in [0.15, 0.2) is 4.99 Å². The predicted molar refractivity (Wildman–Crippen MR) is 88.1 cm³/mol. The van der Waals surface area contributed by atoms with E-state index in [1.165, 1.54) is 0 Å². The van der Waals surface area contributed by atoms with E-state index in [1.807, 2.05) is 0 Å². The number of guanidine groups is 1. The molecule has 22 heavy (non-hydrogen) atoms. The summed E-state index contributed by atoms with van der Waals surface area (Å²) >= 11 is 0. The molecule has 0 bridgehead atoms. The average molecular weight is 335 g/mol. The first kappa shape index (κ1) is 19.2. The first-order chi connectivity index (χ1) is 10.6. The number of nitrogens with zero attached hydrogens (tertiary/aromatic N) is 1. The maximum absolute atomic E-state index is 11.4. The summed E-state index contributed by atoms with van der Waals surface area (Å²) in [5.74, 6) is 0.905. The van der Waals surface area contributed by atoms with Gasteiger partial charge < -0.3 is 20.1 Å². The van der Waals surface area contributed by atoms with Crippen LogP contribution < -0.4 is 10.6 Å². The molecule has 8 heteroatoms. The third kappa shape index (κ3) is 8.55. The molecule has 0 aromatic rings. The lowest BCUT2D eigenvalue weighted by Crippen LogP contribution is -2.40. The minimum absolute atomic E-state index is 0.120. The molecule has 0 aliphatic carbocycles. The van der Waals surface area contributed by atoms with E-state index < -0.39 is 9.84 Å². The Bertz CT molecular complexity index is 420. The molecule has 0 saturated carbocycles. The summed E-state index contributed by atoms with van der Waals surface area (Å²) in [4.78, 5) is 4.05. The Labute approximate surface area is 133 Å². The lowest BCUT2D eigenvalue weighted by Gasteiger charge is -2.13. The second-order valence-corrected chi connectivity index (χ2v) is 7.70. The van der Waals surface area contributed by atoms with Gasteiger partial charge in [0.1, 0.15) is 0 Å². The lowest BCUT2D eigenvalue weighted by atomic mass is 10.2. The van der Waals surface area contributed by atoms with Crippen molar-refractivity contribution in [1.82, 2.24) is 10.6 Å². The monoisotopic (exact) mass is 335 g/mol. The number of ether oxygens (including phenoxy) is 2. The van der Waals surface area contributed by atoms with Crippen LogP contribution in [0.1, 0.15) is 26.2 Å². The summed E-state index contributed by atoms with van der Waals surface area (Å²) in [7, 11) is -1.28. The van der Waals surface area contributed by atoms with Crippen LogP contribution in [0.25, 0.3) is 0 Å². The van der Waals surface area contributed by atoms with E-state index in [9.17, 15) is 8.42 Å². The fourth-order valence-corrected chi connectivity index (χ4v) is 2.76. The zero-order chi connectivity index (χ0) is 16.3. The molecule has 2 N–H and O–H groups in total. The summed E-state index contributed by atoms with van der Waals surface area (Å²) in [5, 5.41) is 6.13. The molecule has 1 atom stereocenters. The highest BCUT2D eigenvalue weighted by molar-refractivity contribution is 7.91. The molecule has 0 amide bonds. The van der Waals surface area contributed by atoms with Crippen molar-refractivity contribution in [3.63, 3.8) is 0 Å². The third-order valence-electron chi connectivity index (χ3n) is 3.45. The van der Waals surface area contributed by atoms with Crippen molar-refractivity contribution in [1.29, 1.82) is 0 Å². The molecule has 1 unspecified atom stereocenters. The van der Waals surface area contributed by atoms with E-state index in [2.05, 4.69) is 15.6 Å². The molecule has 0 radical (unpaired) electrons. The Hall–Kier alpha value is -0.860. The molecule has 1 fully saturated rings. The van der Waals surface area contributed by atoms with Gasteiger partial charge in [-0.15, -0.1) is 0 Å². The number of rotatable bonds is 10. The van der Waals surface area contributed by atoms with Gasteiger partial charge in [0.2, 0.25) is 0 Å². The van der Waals surface area contributed by atoms with Crippen molar-refractivity contribution in [3.8, 4) is 0 Å². The van der Waals surface area contributed by atoms with E-state index in [0.717, 1.165) is 32.4 Å². The average Bonchev–Trinajstić information content (AvgIpc) is 3.02. The van der Waals surface area contributed by atoms with Gasteiger partial charge >= 0.3 is 0 Å². The summed E-state index contributed by atoms with van der Waals surface area (Å²) in [6.07, 6.45) is 3.35. The van der Waals surface area contributed by atoms with Gasteiger partial charge in [-0.2, -0.15) is 0 Å². The molecule has 0 aromatic heterocycles. The number of nitrogens with one attached hydrogen (secondary N) is 2. The van der Waals surface area contributed by atoms with Gasteiger partial charge in [-0.3, -0.25) is 4.99 Å². The van der Waals surface area contributed by atoms with Crippen molar-refractivity contribution in [2.45, 2.75) is 32.3 Å². The van der Waals surface area contributed by atoms with Gasteiger partial charge in [0.15, 0.2) is 15.8 Å². The molecule has 1 saturated heterocycles. The van der Waals surface area contributed by atoms with Gasteiger partial charge in [-0.25, -0.2) is 8.42 Å². The fourth-order valence-electron chi connectivity index (χ4n) is 2.06. The zero-order valence-corrected chi connectivity index (χ0v) is 14.5. The Balaban J connectivity index is 2.01. The van der Waals surface area contributed by atoms with Crippen molar-refractivity contribution < 1.29 is 17.9 Å². The van der Waals surface area contributed by atoms with Crippen molar-refractivity contribution in [3.05, 3.63) is 0 Å². The van der Waals surface area contributed by atoms with E-state index in [-0.39, 0.29) is 17.6 Å². The molecule has 7 nitrogen and oxygen atoms in total. The minimum Gasteiger partial charge on any atom is -0.379 e. The SMILES string of the molecule is CCS(=O)(=O)CCNC(=NC)NCCCOCC1CCCO1. The van der Waals surface area contributed by atoms with Crippen LogP contribution in [0.5, 0.6) is 0 Å². The molecular formula is C14H29N3O4S. The summed E-state index contributed by atoms with van der Waals surface area (Å²) in [6, 6.07) is 0. The quantitative estimate of drug-likeness (QED) is 0.336. The molecule has 0 aromatic carbocycles. The second kappa shape index (κ2) is 10.8. The Morgan fingerprint density at radius 2 is 2.14 bits per heavy atom. The highest BCUT2D eigenvalue weighted by atomic mass is 32.2. The van der Waals surface area contributed by atoms with Crippen LogP contribution in [0.4, 0.5) is 0 Å². The minimum atomic E-state index is -2.94. The molecule has 1 heterocycles. The Morgan fingerprint density at radius 3 is 2.77 bits per heavy atom. The second-order valence-electron chi connectivity index (χ2n) is 5.23. The molecule has 1 aliphatic rings. The van der Waals surface area contributed by atoms with Gasteiger partial charge in [-0.05, 0) is 19.3 Å². The van der Waals surface area contributed by atoms with Crippen LogP contribution in [-0.2, 0) is 19.3 Å². The highest BCUT2D eigenvalue weighted by Gasteiger charge is 2.14. The molecule has 1 aliphatic heterocycles. The first-order valence-electron chi connectivity index (χ1n) is 7.91. The third-order valence-corrected chi connectivity index (χ3v) is 5.16. The number of sulfone groups is 1. The van der Waals surface area contributed by atoms with Gasteiger partial charge in [0.25, 0.3) is 0 Å². The molecule has 130 valence electrons. The maximum Gasteiger partial charge on any atom is 0.191 e. The standard InChI is InChI=1S/C14H29N3O4S/c1-3-22(18,19)11-8-17-14(15-2)16-7-5-9-20-12-13-6-4-10-21-13/h13H,3-12H2,1-2H3,(H2,15,16,17). The van der Waals surface area contributed by atoms with Gasteiger partial charge in [-0.1, -0.05) is 6.92 Å². The Kier molecular flexibility index (Phi) is 9.42. The van der Waals surface area contributed by atoms with E-state index in [4.69, 9.17) is 9.47 Å². The highest BCUT2D eigenvalue weighted by Crippen LogP contribution is 2.11. The van der Waals surface area contributed by atoms with E-state index in [1.54, 1.807) is 14.0 Å². The Morgan fingerprint density at radius 1 is 1.36 bits per heavy atom. The van der Waals surface area contributed by atoms with Crippen LogP contribution in [0, 0.1) is 0 Å². The zero-order valence-electron chi connectivity index (χ0n) is 13.6. The van der Waals surface area contributed by atoms with Crippen LogP contribution >= 0.6 is 0 Å². The lowest BCUT2D eigenvalue weighted by molar-refractivity contribution is 0.0168. The van der Waals surface area contributed by atoms with E-state index >= 15 is 0 Å². The van der Waals surface area contributed by atoms with Crippen LogP contribution in [-0.4, -0.2) is 71.9 Å². The van der Waals surface area contributed by atoms with Crippen molar-refractivity contribution in [2.75, 3.05) is 51.5 Å². The number of hydrogen-bond donors (Lipinski definition) is 2. The number of aliphatic imine (C=N–C) groups is 1. The normalized spacial score (nSPS) is 19.4.